The molecule has 0 saturated heterocycles. The highest BCUT2D eigenvalue weighted by molar-refractivity contribution is 6.32. The summed E-state index contributed by atoms with van der Waals surface area (Å²) in [6.07, 6.45) is 8.81. The molecule has 9 rings (SSSR count). The lowest BCUT2D eigenvalue weighted by Crippen LogP contribution is -2.13. The average molecular weight is 700 g/mol. The number of allylic oxidation sites excluding steroid dienone is 4. The molecule has 0 amide bonds. The van der Waals surface area contributed by atoms with Crippen LogP contribution in [0.2, 0.25) is 0 Å². The Balaban J connectivity index is 1.41. The van der Waals surface area contributed by atoms with Crippen molar-refractivity contribution in [2.75, 3.05) is 4.90 Å². The minimum absolute atomic E-state index is 0.0278. The Morgan fingerprint density at radius 1 is 0.519 bits per heavy atom. The zero-order valence-electron chi connectivity index (χ0n) is 31.0. The Morgan fingerprint density at radius 2 is 1.11 bits per heavy atom. The summed E-state index contributed by atoms with van der Waals surface area (Å²) in [5, 5.41) is 7.39. The van der Waals surface area contributed by atoms with Crippen LogP contribution in [0.5, 0.6) is 0 Å². The van der Waals surface area contributed by atoms with Gasteiger partial charge in [-0.2, -0.15) is 0 Å². The molecule has 2 heteroatoms. The quantitative estimate of drug-likeness (QED) is 0.156. The highest BCUT2D eigenvalue weighted by Gasteiger charge is 2.24. The van der Waals surface area contributed by atoms with Gasteiger partial charge in [0.2, 0.25) is 0 Å². The second-order valence-corrected chi connectivity index (χ2v) is 15.4. The second kappa shape index (κ2) is 13.6. The van der Waals surface area contributed by atoms with Crippen molar-refractivity contribution in [1.82, 2.24) is 0 Å². The van der Waals surface area contributed by atoms with Gasteiger partial charge in [-0.05, 0) is 144 Å². The van der Waals surface area contributed by atoms with Crippen molar-refractivity contribution >= 4 is 55.0 Å². The molecule has 8 aromatic carbocycles. The number of anilines is 3. The van der Waals surface area contributed by atoms with Crippen molar-refractivity contribution in [3.8, 4) is 22.3 Å². The molecule has 1 aliphatic rings. The zero-order chi connectivity index (χ0) is 36.8. The van der Waals surface area contributed by atoms with Crippen molar-refractivity contribution < 1.29 is 4.39 Å². The Morgan fingerprint density at radius 3 is 1.76 bits per heavy atom. The number of hydrogen-bond acceptors (Lipinski definition) is 1. The van der Waals surface area contributed by atoms with Crippen LogP contribution in [0.3, 0.4) is 0 Å². The summed E-state index contributed by atoms with van der Waals surface area (Å²) < 4.78 is 14.3. The van der Waals surface area contributed by atoms with E-state index in [0.29, 0.717) is 0 Å². The minimum Gasteiger partial charge on any atom is -0.310 e. The van der Waals surface area contributed by atoms with Crippen LogP contribution in [0.15, 0.2) is 176 Å². The molecular formula is C52H42FN. The van der Waals surface area contributed by atoms with Gasteiger partial charge < -0.3 is 4.90 Å². The van der Waals surface area contributed by atoms with Crippen LogP contribution in [0.1, 0.15) is 44.7 Å². The van der Waals surface area contributed by atoms with Crippen molar-refractivity contribution in [3.63, 3.8) is 0 Å². The van der Waals surface area contributed by atoms with Crippen LogP contribution in [0.4, 0.5) is 21.5 Å². The third-order valence-electron chi connectivity index (χ3n) is 10.9. The van der Waals surface area contributed by atoms with E-state index in [-0.39, 0.29) is 11.2 Å². The summed E-state index contributed by atoms with van der Waals surface area (Å²) in [5.41, 5.74) is 11.8. The van der Waals surface area contributed by atoms with E-state index in [4.69, 9.17) is 0 Å². The van der Waals surface area contributed by atoms with Crippen molar-refractivity contribution in [2.45, 2.75) is 39.0 Å². The summed E-state index contributed by atoms with van der Waals surface area (Å²) >= 11 is 0. The molecular weight excluding hydrogens is 658 g/mol. The third-order valence-corrected chi connectivity index (χ3v) is 10.9. The Labute approximate surface area is 317 Å². The van der Waals surface area contributed by atoms with Crippen LogP contribution >= 0.6 is 0 Å². The summed E-state index contributed by atoms with van der Waals surface area (Å²) in [7, 11) is 0. The van der Waals surface area contributed by atoms with Crippen LogP contribution in [-0.4, -0.2) is 0 Å². The molecule has 262 valence electrons. The van der Waals surface area contributed by atoms with Gasteiger partial charge in [0.25, 0.3) is 0 Å². The third kappa shape index (κ3) is 5.98. The van der Waals surface area contributed by atoms with Gasteiger partial charge in [0.15, 0.2) is 0 Å². The fraction of sp³-hybridized carbons (Fsp3) is 0.115. The predicted molar refractivity (Wildman–Crippen MR) is 230 cm³/mol. The highest BCUT2D eigenvalue weighted by atomic mass is 19.1. The molecule has 0 spiro atoms. The number of hydrogen-bond donors (Lipinski definition) is 0. The molecule has 0 aromatic heterocycles. The molecule has 0 unspecified atom stereocenters. The summed E-state index contributed by atoms with van der Waals surface area (Å²) in [4.78, 5) is 2.24. The van der Waals surface area contributed by atoms with Crippen LogP contribution < -0.4 is 4.90 Å². The standard InChI is InChI=1S/C52H42FN/c1-52(2,3)38-23-27-40(28-24-38)54(41-29-25-39(53)26-30-41)42-31-32-45-48(33-42)43-21-13-14-22-44(43)50-47(36-17-9-5-10-18-36)34-46(35-15-7-4-8-16-35)49(51(45)50)37-19-11-6-12-20-37/h4-9,11-17,19-34H,10,18H2,1-3H3. The van der Waals surface area contributed by atoms with Gasteiger partial charge in [-0.3, -0.25) is 0 Å². The van der Waals surface area contributed by atoms with E-state index in [9.17, 15) is 4.39 Å². The fourth-order valence-corrected chi connectivity index (χ4v) is 8.26. The normalized spacial score (nSPS) is 13.1. The van der Waals surface area contributed by atoms with Gasteiger partial charge in [0, 0.05) is 17.1 Å². The largest absolute Gasteiger partial charge is 0.310 e. The van der Waals surface area contributed by atoms with Gasteiger partial charge in [-0.25, -0.2) is 4.39 Å². The number of halogens is 1. The van der Waals surface area contributed by atoms with Gasteiger partial charge in [0.05, 0.1) is 0 Å². The van der Waals surface area contributed by atoms with Gasteiger partial charge in [-0.15, -0.1) is 0 Å². The van der Waals surface area contributed by atoms with E-state index in [2.05, 4.69) is 177 Å². The van der Waals surface area contributed by atoms with Crippen molar-refractivity contribution in [3.05, 3.63) is 193 Å². The smallest absolute Gasteiger partial charge is 0.123 e. The Hall–Kier alpha value is -6.25. The lowest BCUT2D eigenvalue weighted by Gasteiger charge is -2.28. The topological polar surface area (TPSA) is 3.24 Å². The molecule has 0 bridgehead atoms. The maximum absolute atomic E-state index is 14.3. The molecule has 8 aromatic rings. The number of benzene rings is 8. The first-order chi connectivity index (χ1) is 26.3. The van der Waals surface area contributed by atoms with Gasteiger partial charge in [-0.1, -0.05) is 142 Å². The van der Waals surface area contributed by atoms with Crippen molar-refractivity contribution in [2.24, 2.45) is 0 Å². The molecule has 0 N–H and O–H groups in total. The Kier molecular flexibility index (Phi) is 8.47. The van der Waals surface area contributed by atoms with Crippen molar-refractivity contribution in [1.29, 1.82) is 0 Å². The number of rotatable bonds is 6. The maximum Gasteiger partial charge on any atom is 0.123 e. The lowest BCUT2D eigenvalue weighted by molar-refractivity contribution is 0.590. The van der Waals surface area contributed by atoms with Gasteiger partial charge >= 0.3 is 0 Å². The molecule has 0 aliphatic heterocycles. The Bertz CT molecular complexity index is 2720. The van der Waals surface area contributed by atoms with Crippen LogP contribution in [0, 0.1) is 5.82 Å². The highest BCUT2D eigenvalue weighted by Crippen LogP contribution is 2.49. The summed E-state index contributed by atoms with van der Waals surface area (Å²) in [6.45, 7) is 6.70. The molecule has 0 heterocycles. The van der Waals surface area contributed by atoms with E-state index in [1.165, 1.54) is 71.3 Å². The fourth-order valence-electron chi connectivity index (χ4n) is 8.26. The molecule has 0 fully saturated rings. The van der Waals surface area contributed by atoms with Crippen LogP contribution in [0.25, 0.3) is 60.1 Å². The van der Waals surface area contributed by atoms with E-state index < -0.39 is 0 Å². The van der Waals surface area contributed by atoms with Gasteiger partial charge in [0.1, 0.15) is 5.82 Å². The molecule has 0 atom stereocenters. The molecule has 0 saturated carbocycles. The van der Waals surface area contributed by atoms with E-state index in [0.717, 1.165) is 29.9 Å². The number of nitrogens with zero attached hydrogens (tertiary/aromatic N) is 1. The summed E-state index contributed by atoms with van der Waals surface area (Å²) in [5.74, 6) is -0.250. The van der Waals surface area contributed by atoms with Crippen LogP contribution in [-0.2, 0) is 5.41 Å². The second-order valence-electron chi connectivity index (χ2n) is 15.4. The first kappa shape index (κ1) is 33.6. The average Bonchev–Trinajstić information content (AvgIpc) is 3.22. The zero-order valence-corrected chi connectivity index (χ0v) is 31.0. The molecule has 0 radical (unpaired) electrons. The van der Waals surface area contributed by atoms with E-state index in [1.807, 2.05) is 12.1 Å². The lowest BCUT2D eigenvalue weighted by atomic mass is 9.80. The predicted octanol–water partition coefficient (Wildman–Crippen LogP) is 15.1. The SMILES string of the molecule is CC(C)(C)c1ccc(N(c2ccc(F)cc2)c2ccc3c(c2)c2ccccc2c2c(C4=CC=CCC4)cc(-c4ccccc4)c(-c4ccccc4)c32)cc1. The summed E-state index contributed by atoms with van der Waals surface area (Å²) in [6, 6.07) is 55.6. The first-order valence-corrected chi connectivity index (χ1v) is 18.9. The van der Waals surface area contributed by atoms with E-state index >= 15 is 0 Å². The molecule has 1 nitrogen and oxygen atoms in total. The molecule has 54 heavy (non-hydrogen) atoms. The minimum atomic E-state index is -0.250. The number of fused-ring (bicyclic) bond motifs is 6. The monoisotopic (exact) mass is 699 g/mol. The maximum atomic E-state index is 14.3. The molecule has 1 aliphatic carbocycles. The first-order valence-electron chi connectivity index (χ1n) is 18.9. The van der Waals surface area contributed by atoms with E-state index in [1.54, 1.807) is 12.1 Å².